The molecule has 2 N–H and O–H groups in total. The minimum Gasteiger partial charge on any atom is -0.361 e. The number of aryl methyl sites for hydroxylation is 1. The smallest absolute Gasteiger partial charge is 0.276 e. The highest BCUT2D eigenvalue weighted by atomic mass is 16.5. The molecule has 0 aliphatic rings. The van der Waals surface area contributed by atoms with Gasteiger partial charge in [0.25, 0.3) is 5.91 Å². The van der Waals surface area contributed by atoms with Gasteiger partial charge in [-0.15, -0.1) is 0 Å². The zero-order valence-corrected chi connectivity index (χ0v) is 9.57. The Kier molecular flexibility index (Phi) is 3.14. The zero-order chi connectivity index (χ0) is 11.6. The summed E-state index contributed by atoms with van der Waals surface area (Å²) < 4.78 is 4.85. The molecule has 0 bridgehead atoms. The molecule has 0 aromatic carbocycles. The molecule has 1 rings (SSSR count). The van der Waals surface area contributed by atoms with E-state index in [2.05, 4.69) is 5.16 Å². The Morgan fingerprint density at radius 2 is 2.27 bits per heavy atom. The van der Waals surface area contributed by atoms with Gasteiger partial charge in [-0.2, -0.15) is 0 Å². The molecule has 1 heterocycles. The van der Waals surface area contributed by atoms with Crippen molar-refractivity contribution >= 4 is 5.91 Å². The predicted octanol–water partition coefficient (Wildman–Crippen LogP) is 0.792. The Labute approximate surface area is 89.2 Å². The first kappa shape index (κ1) is 11.7. The number of nitrogens with zero attached hydrogens (tertiary/aromatic N) is 2. The maximum absolute atomic E-state index is 11.9. The minimum absolute atomic E-state index is 0.178. The van der Waals surface area contributed by atoms with Gasteiger partial charge < -0.3 is 15.2 Å². The summed E-state index contributed by atoms with van der Waals surface area (Å²) in [5.41, 5.74) is 5.52. The summed E-state index contributed by atoms with van der Waals surface area (Å²) >= 11 is 0. The van der Waals surface area contributed by atoms with Crippen molar-refractivity contribution in [3.05, 3.63) is 17.5 Å². The summed E-state index contributed by atoms with van der Waals surface area (Å²) in [5, 5.41) is 3.68. The third kappa shape index (κ3) is 2.36. The SMILES string of the molecule is Cc1cc(C(=O)N(C)C(C)(C)CN)no1. The van der Waals surface area contributed by atoms with Crippen LogP contribution in [0.3, 0.4) is 0 Å². The molecule has 1 amide bonds. The van der Waals surface area contributed by atoms with Crippen molar-refractivity contribution in [3.8, 4) is 0 Å². The number of amides is 1. The second kappa shape index (κ2) is 4.02. The Hall–Kier alpha value is -1.36. The van der Waals surface area contributed by atoms with E-state index in [1.54, 1.807) is 24.9 Å². The molecule has 15 heavy (non-hydrogen) atoms. The number of likely N-dealkylation sites (N-methyl/N-ethyl adjacent to an activating group) is 1. The normalized spacial score (nSPS) is 11.5. The number of aromatic nitrogens is 1. The molecule has 1 aromatic rings. The Balaban J connectivity index is 2.86. The lowest BCUT2D eigenvalue weighted by Gasteiger charge is -2.33. The maximum Gasteiger partial charge on any atom is 0.276 e. The number of hydrogen-bond donors (Lipinski definition) is 1. The highest BCUT2D eigenvalue weighted by Gasteiger charge is 2.28. The topological polar surface area (TPSA) is 72.4 Å². The molecule has 5 heteroatoms. The van der Waals surface area contributed by atoms with Crippen molar-refractivity contribution < 1.29 is 9.32 Å². The van der Waals surface area contributed by atoms with Crippen LogP contribution in [0.5, 0.6) is 0 Å². The number of carbonyl (C=O) groups excluding carboxylic acids is 1. The van der Waals surface area contributed by atoms with E-state index in [0.29, 0.717) is 18.0 Å². The monoisotopic (exact) mass is 211 g/mol. The molecular formula is C10H17N3O2. The van der Waals surface area contributed by atoms with Crippen LogP contribution in [0.2, 0.25) is 0 Å². The average molecular weight is 211 g/mol. The van der Waals surface area contributed by atoms with E-state index < -0.39 is 0 Å². The standard InChI is InChI=1S/C10H17N3O2/c1-7-5-8(12-15-7)9(14)13(4)10(2,3)6-11/h5H,6,11H2,1-4H3. The molecule has 0 unspecified atom stereocenters. The highest BCUT2D eigenvalue weighted by molar-refractivity contribution is 5.92. The molecule has 0 radical (unpaired) electrons. The van der Waals surface area contributed by atoms with Gasteiger partial charge in [-0.1, -0.05) is 5.16 Å². The lowest BCUT2D eigenvalue weighted by Crippen LogP contribution is -2.50. The largest absolute Gasteiger partial charge is 0.361 e. The van der Waals surface area contributed by atoms with Gasteiger partial charge in [-0.05, 0) is 20.8 Å². The molecule has 0 spiro atoms. The van der Waals surface area contributed by atoms with Gasteiger partial charge in [0, 0.05) is 25.2 Å². The number of hydrogen-bond acceptors (Lipinski definition) is 4. The first-order chi connectivity index (χ1) is 6.88. The quantitative estimate of drug-likeness (QED) is 0.802. The second-order valence-electron chi connectivity index (χ2n) is 4.20. The van der Waals surface area contributed by atoms with Crippen LogP contribution in [0.4, 0.5) is 0 Å². The maximum atomic E-state index is 11.9. The Bertz CT molecular complexity index is 357. The predicted molar refractivity (Wildman–Crippen MR) is 56.5 cm³/mol. The van der Waals surface area contributed by atoms with E-state index in [9.17, 15) is 4.79 Å². The molecule has 0 saturated carbocycles. The first-order valence-electron chi connectivity index (χ1n) is 4.80. The van der Waals surface area contributed by atoms with Crippen molar-refractivity contribution in [1.29, 1.82) is 0 Å². The van der Waals surface area contributed by atoms with Crippen LogP contribution in [0.1, 0.15) is 30.1 Å². The third-order valence-electron chi connectivity index (χ3n) is 2.56. The number of rotatable bonds is 3. The van der Waals surface area contributed by atoms with Crippen LogP contribution in [-0.4, -0.2) is 35.1 Å². The van der Waals surface area contributed by atoms with Crippen LogP contribution in [0.15, 0.2) is 10.6 Å². The summed E-state index contributed by atoms with van der Waals surface area (Å²) in [6.07, 6.45) is 0. The van der Waals surface area contributed by atoms with E-state index in [4.69, 9.17) is 10.3 Å². The number of carbonyl (C=O) groups is 1. The zero-order valence-electron chi connectivity index (χ0n) is 9.57. The van der Waals surface area contributed by atoms with E-state index in [1.165, 1.54) is 0 Å². The molecule has 0 saturated heterocycles. The summed E-state index contributed by atoms with van der Waals surface area (Å²) in [5.74, 6) is 0.444. The van der Waals surface area contributed by atoms with Crippen molar-refractivity contribution in [2.24, 2.45) is 5.73 Å². The molecule has 0 atom stereocenters. The summed E-state index contributed by atoms with van der Waals surface area (Å²) in [6.45, 7) is 5.94. The molecule has 5 nitrogen and oxygen atoms in total. The van der Waals surface area contributed by atoms with Crippen molar-refractivity contribution in [3.63, 3.8) is 0 Å². The Morgan fingerprint density at radius 1 is 1.67 bits per heavy atom. The summed E-state index contributed by atoms with van der Waals surface area (Å²) in [4.78, 5) is 13.5. The van der Waals surface area contributed by atoms with E-state index >= 15 is 0 Å². The van der Waals surface area contributed by atoms with Crippen LogP contribution in [0, 0.1) is 6.92 Å². The molecule has 0 aliphatic carbocycles. The van der Waals surface area contributed by atoms with E-state index in [1.807, 2.05) is 13.8 Å². The van der Waals surface area contributed by atoms with Gasteiger partial charge in [0.2, 0.25) is 0 Å². The average Bonchev–Trinajstić information content (AvgIpc) is 2.62. The van der Waals surface area contributed by atoms with Crippen molar-refractivity contribution in [1.82, 2.24) is 10.1 Å². The van der Waals surface area contributed by atoms with Crippen LogP contribution >= 0.6 is 0 Å². The van der Waals surface area contributed by atoms with Gasteiger partial charge in [0.1, 0.15) is 5.76 Å². The fraction of sp³-hybridized carbons (Fsp3) is 0.600. The van der Waals surface area contributed by atoms with E-state index in [-0.39, 0.29) is 11.4 Å². The van der Waals surface area contributed by atoms with Crippen LogP contribution in [0.25, 0.3) is 0 Å². The molecule has 0 aliphatic heterocycles. The summed E-state index contributed by atoms with van der Waals surface area (Å²) in [6, 6.07) is 1.62. The molecule has 0 fully saturated rings. The van der Waals surface area contributed by atoms with Gasteiger partial charge in [0.05, 0.1) is 0 Å². The lowest BCUT2D eigenvalue weighted by molar-refractivity contribution is 0.0629. The van der Waals surface area contributed by atoms with Crippen LogP contribution < -0.4 is 5.73 Å². The summed E-state index contributed by atoms with van der Waals surface area (Å²) in [7, 11) is 1.71. The highest BCUT2D eigenvalue weighted by Crippen LogP contribution is 2.14. The lowest BCUT2D eigenvalue weighted by atomic mass is 10.0. The van der Waals surface area contributed by atoms with Crippen LogP contribution in [-0.2, 0) is 0 Å². The van der Waals surface area contributed by atoms with Gasteiger partial charge in [-0.3, -0.25) is 4.79 Å². The second-order valence-corrected chi connectivity index (χ2v) is 4.20. The molecular weight excluding hydrogens is 194 g/mol. The van der Waals surface area contributed by atoms with Gasteiger partial charge >= 0.3 is 0 Å². The van der Waals surface area contributed by atoms with E-state index in [0.717, 1.165) is 0 Å². The minimum atomic E-state index is -0.385. The van der Waals surface area contributed by atoms with Crippen molar-refractivity contribution in [2.75, 3.05) is 13.6 Å². The Morgan fingerprint density at radius 3 is 2.67 bits per heavy atom. The molecule has 1 aromatic heterocycles. The number of nitrogens with two attached hydrogens (primary N) is 1. The van der Waals surface area contributed by atoms with Gasteiger partial charge in [0.15, 0.2) is 5.69 Å². The third-order valence-corrected chi connectivity index (χ3v) is 2.56. The van der Waals surface area contributed by atoms with Crippen molar-refractivity contribution in [2.45, 2.75) is 26.3 Å². The first-order valence-corrected chi connectivity index (χ1v) is 4.80. The molecule has 84 valence electrons. The fourth-order valence-electron chi connectivity index (χ4n) is 1.05. The fourth-order valence-corrected chi connectivity index (χ4v) is 1.05. The van der Waals surface area contributed by atoms with Gasteiger partial charge in [-0.25, -0.2) is 0 Å².